The van der Waals surface area contributed by atoms with Gasteiger partial charge in [0, 0.05) is 36.1 Å². The molecule has 5 rings (SSSR count). The van der Waals surface area contributed by atoms with Crippen molar-refractivity contribution in [2.75, 3.05) is 18.5 Å². The number of ketones is 2. The van der Waals surface area contributed by atoms with Crippen LogP contribution in [-0.4, -0.2) is 62.0 Å². The van der Waals surface area contributed by atoms with E-state index in [-0.39, 0.29) is 36.7 Å². The van der Waals surface area contributed by atoms with Crippen LogP contribution in [0.1, 0.15) is 44.7 Å². The number of pyridine rings is 1. The van der Waals surface area contributed by atoms with E-state index in [2.05, 4.69) is 25.3 Å². The van der Waals surface area contributed by atoms with E-state index in [1.165, 1.54) is 6.33 Å². The van der Waals surface area contributed by atoms with Crippen molar-refractivity contribution in [1.29, 1.82) is 0 Å². The second-order valence-corrected chi connectivity index (χ2v) is 8.57. The number of hydrogen-bond acceptors (Lipinski definition) is 8. The lowest BCUT2D eigenvalue weighted by molar-refractivity contribution is -0.0224. The second-order valence-electron chi connectivity index (χ2n) is 8.57. The predicted molar refractivity (Wildman–Crippen MR) is 130 cm³/mol. The van der Waals surface area contributed by atoms with E-state index in [1.807, 2.05) is 0 Å². The molecule has 0 amide bonds. The number of nitrogens with one attached hydrogen (secondary N) is 2. The third-order valence-corrected chi connectivity index (χ3v) is 6.19. The van der Waals surface area contributed by atoms with Gasteiger partial charge in [-0.3, -0.25) is 14.6 Å². The first kappa shape index (κ1) is 22.8. The van der Waals surface area contributed by atoms with Crippen molar-refractivity contribution in [3.8, 4) is 0 Å². The average Bonchev–Trinajstić information content (AvgIpc) is 3.35. The molecule has 3 N–H and O–H groups in total. The average molecular weight is 472 g/mol. The molecule has 1 aromatic carbocycles. The Kier molecular flexibility index (Phi) is 6.60. The van der Waals surface area contributed by atoms with Crippen molar-refractivity contribution < 1.29 is 19.4 Å². The van der Waals surface area contributed by atoms with Crippen LogP contribution in [0.4, 0.5) is 5.82 Å². The minimum atomic E-state index is -0.167. The molecule has 1 fully saturated rings. The van der Waals surface area contributed by atoms with Crippen LogP contribution in [0.3, 0.4) is 0 Å². The Labute approximate surface area is 201 Å². The summed E-state index contributed by atoms with van der Waals surface area (Å²) in [5, 5.41) is 13.3. The lowest BCUT2D eigenvalue weighted by Gasteiger charge is -2.29. The zero-order chi connectivity index (χ0) is 24.2. The lowest BCUT2D eigenvalue weighted by atomic mass is 9.99. The molecule has 9 nitrogen and oxygen atoms in total. The van der Waals surface area contributed by atoms with Crippen LogP contribution in [0.25, 0.3) is 11.0 Å². The summed E-state index contributed by atoms with van der Waals surface area (Å²) in [4.78, 5) is 41.5. The molecule has 35 heavy (non-hydrogen) atoms. The van der Waals surface area contributed by atoms with Crippen molar-refractivity contribution in [2.24, 2.45) is 0 Å². The number of nitrogens with zero attached hydrogens (tertiary/aromatic N) is 3. The normalized spacial score (nSPS) is 17.9. The number of hydrogen-bond donors (Lipinski definition) is 3. The predicted octanol–water partition coefficient (Wildman–Crippen LogP) is 2.96. The number of aliphatic hydroxyl groups is 1. The van der Waals surface area contributed by atoms with E-state index in [0.29, 0.717) is 40.1 Å². The van der Waals surface area contributed by atoms with Gasteiger partial charge in [0.15, 0.2) is 11.6 Å². The van der Waals surface area contributed by atoms with E-state index >= 15 is 0 Å². The molecule has 1 aliphatic heterocycles. The van der Waals surface area contributed by atoms with Crippen molar-refractivity contribution >= 4 is 28.4 Å². The number of anilines is 1. The molecular weight excluding hydrogens is 446 g/mol. The molecule has 2 unspecified atom stereocenters. The van der Waals surface area contributed by atoms with Gasteiger partial charge in [-0.25, -0.2) is 9.97 Å². The standard InChI is InChI=1S/C26H25N5O4/c32-13-20-8-7-19(14-35-20)31-26-23-21(12-28-25(23)29-15-30-26)24(34)17-5-3-16(4-6-17)10-22(33)18-2-1-9-27-11-18/h1-6,9,11-12,15,19-20,32H,7-8,10,13-14H2,(H2,28,29,30,31). The molecule has 2 atom stereocenters. The second kappa shape index (κ2) is 10.1. The first-order chi connectivity index (χ1) is 17.1. The van der Waals surface area contributed by atoms with E-state index in [4.69, 9.17) is 4.74 Å². The molecule has 0 spiro atoms. The highest BCUT2D eigenvalue weighted by Crippen LogP contribution is 2.27. The zero-order valence-corrected chi connectivity index (χ0v) is 19.0. The third kappa shape index (κ3) is 4.96. The number of fused-ring (bicyclic) bond motifs is 1. The Bertz CT molecular complexity index is 1330. The van der Waals surface area contributed by atoms with Crippen LogP contribution in [0.15, 0.2) is 61.3 Å². The maximum atomic E-state index is 13.4. The maximum absolute atomic E-state index is 13.4. The number of carbonyl (C=O) groups excluding carboxylic acids is 2. The van der Waals surface area contributed by atoms with Gasteiger partial charge in [0.1, 0.15) is 17.8 Å². The molecule has 0 bridgehead atoms. The number of benzene rings is 1. The highest BCUT2D eigenvalue weighted by molar-refractivity contribution is 6.18. The molecule has 0 aliphatic carbocycles. The van der Waals surface area contributed by atoms with E-state index in [9.17, 15) is 14.7 Å². The van der Waals surface area contributed by atoms with Gasteiger partial charge in [-0.1, -0.05) is 24.3 Å². The largest absolute Gasteiger partial charge is 0.394 e. The molecule has 1 saturated heterocycles. The molecule has 3 aromatic heterocycles. The minimum absolute atomic E-state index is 0.0113. The van der Waals surface area contributed by atoms with E-state index in [0.717, 1.165) is 18.4 Å². The summed E-state index contributed by atoms with van der Waals surface area (Å²) in [5.41, 5.74) is 2.91. The van der Waals surface area contributed by atoms with E-state index < -0.39 is 0 Å². The number of ether oxygens (including phenoxy) is 1. The Balaban J connectivity index is 1.34. The summed E-state index contributed by atoms with van der Waals surface area (Å²) in [5.74, 6) is 0.368. The maximum Gasteiger partial charge on any atom is 0.195 e. The number of aromatic amines is 1. The van der Waals surface area contributed by atoms with Crippen LogP contribution in [0.2, 0.25) is 0 Å². The van der Waals surface area contributed by atoms with Crippen molar-refractivity contribution in [3.05, 3.63) is 83.6 Å². The fourth-order valence-electron chi connectivity index (χ4n) is 4.25. The molecule has 1 aliphatic rings. The van der Waals surface area contributed by atoms with Gasteiger partial charge in [-0.05, 0) is 30.5 Å². The number of aromatic nitrogens is 4. The zero-order valence-electron chi connectivity index (χ0n) is 19.0. The highest BCUT2D eigenvalue weighted by atomic mass is 16.5. The lowest BCUT2D eigenvalue weighted by Crippen LogP contribution is -2.36. The van der Waals surface area contributed by atoms with Crippen LogP contribution in [0, 0.1) is 0 Å². The fourth-order valence-corrected chi connectivity index (χ4v) is 4.25. The van der Waals surface area contributed by atoms with Crippen LogP contribution >= 0.6 is 0 Å². The van der Waals surface area contributed by atoms with Gasteiger partial charge in [0.25, 0.3) is 0 Å². The van der Waals surface area contributed by atoms with Crippen LogP contribution < -0.4 is 5.32 Å². The Morgan fingerprint density at radius 3 is 2.69 bits per heavy atom. The molecular formula is C26H25N5O4. The first-order valence-electron chi connectivity index (χ1n) is 11.5. The van der Waals surface area contributed by atoms with E-state index in [1.54, 1.807) is 55.0 Å². The Morgan fingerprint density at radius 1 is 1.11 bits per heavy atom. The number of rotatable bonds is 8. The molecule has 0 radical (unpaired) electrons. The Hall–Kier alpha value is -3.95. The summed E-state index contributed by atoms with van der Waals surface area (Å²) in [7, 11) is 0. The number of aliphatic hydroxyl groups excluding tert-OH is 1. The number of Topliss-reactive ketones (excluding diaryl/α,β-unsaturated/α-hetero) is 1. The van der Waals surface area contributed by atoms with Gasteiger partial charge < -0.3 is 20.1 Å². The topological polar surface area (TPSA) is 130 Å². The minimum Gasteiger partial charge on any atom is -0.394 e. The Morgan fingerprint density at radius 2 is 1.97 bits per heavy atom. The van der Waals surface area contributed by atoms with Crippen molar-refractivity contribution in [3.63, 3.8) is 0 Å². The molecule has 0 saturated carbocycles. The van der Waals surface area contributed by atoms with Crippen molar-refractivity contribution in [1.82, 2.24) is 19.9 Å². The number of H-pyrrole nitrogens is 1. The SMILES string of the molecule is O=C(Cc1ccc(C(=O)c2c[nH]c3ncnc(NC4CCC(CO)OC4)c23)cc1)c1cccnc1. The number of carbonyl (C=O) groups is 2. The molecule has 9 heteroatoms. The summed E-state index contributed by atoms with van der Waals surface area (Å²) in [6.07, 6.45) is 7.94. The fraction of sp³-hybridized carbons (Fsp3) is 0.269. The first-order valence-corrected chi connectivity index (χ1v) is 11.5. The molecule has 178 valence electrons. The van der Waals surface area contributed by atoms with Gasteiger partial charge in [-0.15, -0.1) is 0 Å². The van der Waals surface area contributed by atoms with Crippen LogP contribution in [-0.2, 0) is 11.2 Å². The van der Waals surface area contributed by atoms with Gasteiger partial charge in [0.05, 0.1) is 36.3 Å². The smallest absolute Gasteiger partial charge is 0.195 e. The summed E-state index contributed by atoms with van der Waals surface area (Å²) in [6, 6.07) is 10.5. The van der Waals surface area contributed by atoms with Crippen molar-refractivity contribution in [2.45, 2.75) is 31.4 Å². The molecule has 4 heterocycles. The molecule has 4 aromatic rings. The third-order valence-electron chi connectivity index (χ3n) is 6.19. The van der Waals surface area contributed by atoms with Gasteiger partial charge in [0.2, 0.25) is 0 Å². The summed E-state index contributed by atoms with van der Waals surface area (Å²) in [6.45, 7) is 0.459. The van der Waals surface area contributed by atoms with Gasteiger partial charge in [-0.2, -0.15) is 0 Å². The highest BCUT2D eigenvalue weighted by Gasteiger charge is 2.24. The van der Waals surface area contributed by atoms with Gasteiger partial charge >= 0.3 is 0 Å². The monoisotopic (exact) mass is 471 g/mol. The van der Waals surface area contributed by atoms with Crippen LogP contribution in [0.5, 0.6) is 0 Å². The quantitative estimate of drug-likeness (QED) is 0.335. The summed E-state index contributed by atoms with van der Waals surface area (Å²) >= 11 is 0. The summed E-state index contributed by atoms with van der Waals surface area (Å²) < 4.78 is 5.66.